The van der Waals surface area contributed by atoms with Crippen molar-refractivity contribution in [2.45, 2.75) is 11.8 Å². The van der Waals surface area contributed by atoms with E-state index in [1.165, 1.54) is 42.7 Å². The number of ketones is 1. The first kappa shape index (κ1) is 29.2. The number of thiophene rings is 1. The van der Waals surface area contributed by atoms with Gasteiger partial charge in [0, 0.05) is 50.8 Å². The van der Waals surface area contributed by atoms with E-state index in [-0.39, 0.29) is 52.9 Å². The van der Waals surface area contributed by atoms with Crippen LogP contribution < -0.4 is 14.6 Å². The van der Waals surface area contributed by atoms with E-state index < -0.39 is 21.7 Å². The van der Waals surface area contributed by atoms with E-state index in [2.05, 4.69) is 11.7 Å². The molecule has 2 aromatic heterocycles. The molecule has 0 radical (unpaired) electrons. The number of aryl methyl sites for hydroxylation is 1. The lowest BCUT2D eigenvalue weighted by molar-refractivity contribution is 0.104. The topological polar surface area (TPSA) is 162 Å². The van der Waals surface area contributed by atoms with Crippen molar-refractivity contribution >= 4 is 32.7 Å². The zero-order valence-corrected chi connectivity index (χ0v) is 23.4. The summed E-state index contributed by atoms with van der Waals surface area (Å²) in [6, 6.07) is 12.7. The first-order valence-corrected chi connectivity index (χ1v) is 14.4. The monoisotopic (exact) mass is 584 g/mol. The van der Waals surface area contributed by atoms with Gasteiger partial charge in [-0.25, -0.2) is 13.6 Å². The van der Waals surface area contributed by atoms with Crippen molar-refractivity contribution in [3.05, 3.63) is 77.4 Å². The number of rotatable bonds is 12. The summed E-state index contributed by atoms with van der Waals surface area (Å²) in [5.74, 6) is 0.152. The van der Waals surface area contributed by atoms with Gasteiger partial charge in [0.15, 0.2) is 5.78 Å². The zero-order valence-electron chi connectivity index (χ0n) is 21.8. The third kappa shape index (κ3) is 6.16. The van der Waals surface area contributed by atoms with E-state index >= 15 is 0 Å². The van der Waals surface area contributed by atoms with Gasteiger partial charge in [-0.3, -0.25) is 4.79 Å². The Balaban J connectivity index is 1.81. The van der Waals surface area contributed by atoms with Crippen LogP contribution in [0.4, 0.5) is 0 Å². The van der Waals surface area contributed by atoms with Crippen LogP contribution in [-0.4, -0.2) is 56.5 Å². The molecule has 0 aliphatic carbocycles. The van der Waals surface area contributed by atoms with Gasteiger partial charge in [-0.15, -0.1) is 11.3 Å². The van der Waals surface area contributed by atoms with Crippen LogP contribution in [0.3, 0.4) is 0 Å². The van der Waals surface area contributed by atoms with E-state index in [4.69, 9.17) is 19.1 Å². The molecule has 0 amide bonds. The lowest BCUT2D eigenvalue weighted by Crippen LogP contribution is -2.20. The molecule has 0 aliphatic rings. The van der Waals surface area contributed by atoms with Crippen LogP contribution in [-0.2, 0) is 10.0 Å². The molecule has 12 heteroatoms. The average Bonchev–Trinajstić information content (AvgIpc) is 3.64. The molecular weight excluding hydrogens is 556 g/mol. The fourth-order valence-electron chi connectivity index (χ4n) is 3.99. The molecule has 0 saturated heterocycles. The molecule has 0 bridgehead atoms. The number of methoxy groups -OCH3 is 1. The van der Waals surface area contributed by atoms with Gasteiger partial charge in [0.25, 0.3) is 0 Å². The summed E-state index contributed by atoms with van der Waals surface area (Å²) in [6.07, 6.45) is 0. The number of hydrogen-bond acceptors (Lipinski definition) is 10. The van der Waals surface area contributed by atoms with Crippen molar-refractivity contribution in [2.75, 3.05) is 26.9 Å². The Kier molecular flexibility index (Phi) is 8.86. The summed E-state index contributed by atoms with van der Waals surface area (Å²) in [7, 11) is -2.63. The summed E-state index contributed by atoms with van der Waals surface area (Å²) >= 11 is 1.48. The Morgan fingerprint density at radius 2 is 1.88 bits per heavy atom. The number of nitrogens with two attached hydrogens (primary N) is 1. The smallest absolute Gasteiger partial charge is 0.238 e. The molecule has 0 saturated carbocycles. The standard InChI is InChI=1S/C28H28N2O8S2/c1-16-9-23(30-38-16)21-10-19(6-7-27(21)40(29,34)35)28(33)17(2)20-11-22(26-5-4-8-39-26)24(36-3)12-25(20)37-15-18(13-31)14-32/h4-12,18,31-32H,2,13-15H2,1,3H3,(H2,29,34,35). The largest absolute Gasteiger partial charge is 0.496 e. The highest BCUT2D eigenvalue weighted by molar-refractivity contribution is 7.89. The maximum atomic E-state index is 13.8. The number of allylic oxidation sites excluding steroid dienone is 1. The molecule has 40 heavy (non-hydrogen) atoms. The van der Waals surface area contributed by atoms with Crippen molar-refractivity contribution in [1.82, 2.24) is 5.16 Å². The number of carbonyl (C=O) groups excluding carboxylic acids is 1. The molecule has 0 fully saturated rings. The van der Waals surface area contributed by atoms with Crippen molar-refractivity contribution < 1.29 is 37.4 Å². The summed E-state index contributed by atoms with van der Waals surface area (Å²) < 4.78 is 41.1. The molecule has 2 heterocycles. The summed E-state index contributed by atoms with van der Waals surface area (Å²) in [6.45, 7) is 5.08. The third-order valence-corrected chi connectivity index (χ3v) is 8.00. The maximum absolute atomic E-state index is 13.8. The van der Waals surface area contributed by atoms with Gasteiger partial charge in [-0.2, -0.15) is 0 Å². The Labute approximate surface area is 235 Å². The van der Waals surface area contributed by atoms with Crippen LogP contribution in [0.5, 0.6) is 11.5 Å². The predicted molar refractivity (Wildman–Crippen MR) is 151 cm³/mol. The van der Waals surface area contributed by atoms with Gasteiger partial charge in [0.05, 0.1) is 31.8 Å². The van der Waals surface area contributed by atoms with Gasteiger partial charge in [-0.1, -0.05) is 17.8 Å². The lowest BCUT2D eigenvalue weighted by atomic mass is 9.94. The van der Waals surface area contributed by atoms with Gasteiger partial charge < -0.3 is 24.2 Å². The number of carbonyl (C=O) groups is 1. The Hall–Kier alpha value is -3.81. The minimum atomic E-state index is -4.14. The molecule has 4 aromatic rings. The van der Waals surface area contributed by atoms with Crippen molar-refractivity contribution in [3.8, 4) is 33.2 Å². The number of nitrogens with zero attached hydrogens (tertiary/aromatic N) is 1. The second kappa shape index (κ2) is 12.1. The molecule has 210 valence electrons. The van der Waals surface area contributed by atoms with E-state index in [0.29, 0.717) is 22.6 Å². The zero-order chi connectivity index (χ0) is 29.0. The van der Waals surface area contributed by atoms with Crippen LogP contribution in [0.1, 0.15) is 21.7 Å². The molecule has 0 spiro atoms. The second-order valence-corrected chi connectivity index (χ2v) is 11.4. The number of Topliss-reactive ketones (excluding diaryl/α,β-unsaturated/α-hetero) is 1. The number of benzene rings is 2. The summed E-state index contributed by atoms with van der Waals surface area (Å²) in [4.78, 5) is 14.4. The molecular formula is C28H28N2O8S2. The third-order valence-electron chi connectivity index (χ3n) is 6.13. The number of aliphatic hydroxyl groups is 2. The van der Waals surface area contributed by atoms with Crippen molar-refractivity contribution in [3.63, 3.8) is 0 Å². The number of ether oxygens (including phenoxy) is 2. The summed E-state index contributed by atoms with van der Waals surface area (Å²) in [5, 5.41) is 30.2. The van der Waals surface area contributed by atoms with Crippen LogP contribution in [0.2, 0.25) is 0 Å². The number of aliphatic hydroxyl groups excluding tert-OH is 2. The van der Waals surface area contributed by atoms with E-state index in [9.17, 15) is 23.4 Å². The van der Waals surface area contributed by atoms with Gasteiger partial charge in [0.2, 0.25) is 10.0 Å². The highest BCUT2D eigenvalue weighted by Gasteiger charge is 2.24. The van der Waals surface area contributed by atoms with Crippen LogP contribution in [0.25, 0.3) is 27.3 Å². The van der Waals surface area contributed by atoms with Gasteiger partial charge in [-0.05, 0) is 42.6 Å². The first-order valence-electron chi connectivity index (χ1n) is 12.0. The fourth-order valence-corrected chi connectivity index (χ4v) is 5.46. The molecule has 0 unspecified atom stereocenters. The van der Waals surface area contributed by atoms with E-state index in [0.717, 1.165) is 4.88 Å². The molecule has 4 rings (SSSR count). The molecule has 2 aromatic carbocycles. The minimum absolute atomic E-state index is 0.0261. The Morgan fingerprint density at radius 1 is 1.12 bits per heavy atom. The normalized spacial score (nSPS) is 11.6. The van der Waals surface area contributed by atoms with E-state index in [1.54, 1.807) is 19.1 Å². The second-order valence-electron chi connectivity index (χ2n) is 8.95. The quantitative estimate of drug-likeness (QED) is 0.166. The van der Waals surface area contributed by atoms with Gasteiger partial charge in [0.1, 0.15) is 23.0 Å². The van der Waals surface area contributed by atoms with Crippen LogP contribution >= 0.6 is 11.3 Å². The van der Waals surface area contributed by atoms with E-state index in [1.807, 2.05) is 17.5 Å². The predicted octanol–water partition coefficient (Wildman–Crippen LogP) is 3.91. The highest BCUT2D eigenvalue weighted by Crippen LogP contribution is 2.41. The number of aromatic nitrogens is 1. The molecule has 10 nitrogen and oxygen atoms in total. The van der Waals surface area contributed by atoms with Gasteiger partial charge >= 0.3 is 0 Å². The Bertz CT molecular complexity index is 1640. The highest BCUT2D eigenvalue weighted by atomic mass is 32.2. The lowest BCUT2D eigenvalue weighted by Gasteiger charge is -2.19. The number of primary sulfonamides is 1. The van der Waals surface area contributed by atoms with Crippen LogP contribution in [0, 0.1) is 12.8 Å². The minimum Gasteiger partial charge on any atom is -0.496 e. The fraction of sp³-hybridized carbons (Fsp3) is 0.214. The molecule has 0 atom stereocenters. The maximum Gasteiger partial charge on any atom is 0.238 e. The van der Waals surface area contributed by atoms with Crippen LogP contribution in [0.15, 0.2) is 69.9 Å². The number of sulfonamides is 1. The van der Waals surface area contributed by atoms with Crippen molar-refractivity contribution in [1.29, 1.82) is 0 Å². The van der Waals surface area contributed by atoms with Crippen molar-refractivity contribution in [2.24, 2.45) is 11.1 Å². The summed E-state index contributed by atoms with van der Waals surface area (Å²) in [5.41, 5.74) is 1.57. The molecule has 0 aliphatic heterocycles. The SMILES string of the molecule is C=C(C(=O)c1ccc(S(N)(=O)=O)c(-c2cc(C)on2)c1)c1cc(-c2cccs2)c(OC)cc1OCC(CO)CO. The first-order chi connectivity index (χ1) is 19.1. The molecule has 4 N–H and O–H groups in total. The Morgan fingerprint density at radius 3 is 2.45 bits per heavy atom. The average molecular weight is 585 g/mol. The number of hydrogen-bond donors (Lipinski definition) is 3.